The maximum absolute atomic E-state index is 12.1. The number of hydrazine groups is 1. The molecule has 0 spiro atoms. The molecule has 144 valence electrons. The highest BCUT2D eigenvalue weighted by Gasteiger charge is 2.12. The zero-order chi connectivity index (χ0) is 20.0. The quantitative estimate of drug-likeness (QED) is 0.466. The number of amides is 2. The number of carbonyl (C=O) groups is 2. The minimum absolute atomic E-state index is 0.0661. The van der Waals surface area contributed by atoms with Crippen LogP contribution in [0.3, 0.4) is 0 Å². The van der Waals surface area contributed by atoms with E-state index in [1.165, 1.54) is 30.0 Å². The molecule has 2 aromatic carbocycles. The lowest BCUT2D eigenvalue weighted by Gasteiger charge is -2.10. The van der Waals surface area contributed by atoms with Crippen molar-refractivity contribution in [3.63, 3.8) is 0 Å². The zero-order valence-electron chi connectivity index (χ0n) is 14.0. The molecule has 11 heteroatoms. The highest BCUT2D eigenvalue weighted by molar-refractivity contribution is 8.00. The average molecular weight is 448 g/mol. The van der Waals surface area contributed by atoms with Crippen molar-refractivity contribution < 1.29 is 18.0 Å². The summed E-state index contributed by atoms with van der Waals surface area (Å²) >= 11 is 13.0. The summed E-state index contributed by atoms with van der Waals surface area (Å²) in [4.78, 5) is 24.8. The number of halogens is 2. The Labute approximate surface area is 170 Å². The summed E-state index contributed by atoms with van der Waals surface area (Å²) < 4.78 is 24.9. The van der Waals surface area contributed by atoms with Gasteiger partial charge in [0, 0.05) is 15.5 Å². The third-order valence-electron chi connectivity index (χ3n) is 3.02. The van der Waals surface area contributed by atoms with Crippen molar-refractivity contribution in [1.82, 2.24) is 10.9 Å². The maximum Gasteiger partial charge on any atom is 0.269 e. The largest absolute Gasteiger partial charge is 0.282 e. The minimum atomic E-state index is -3.55. The van der Waals surface area contributed by atoms with Gasteiger partial charge in [0.25, 0.3) is 5.91 Å². The van der Waals surface area contributed by atoms with E-state index < -0.39 is 21.8 Å². The number of nitrogens with one attached hydrogen (secondary N) is 3. The summed E-state index contributed by atoms with van der Waals surface area (Å²) in [5.74, 6) is -0.941. The first-order valence-electron chi connectivity index (χ1n) is 7.39. The molecule has 0 aliphatic heterocycles. The van der Waals surface area contributed by atoms with Crippen LogP contribution in [0.4, 0.5) is 5.69 Å². The fourth-order valence-electron chi connectivity index (χ4n) is 1.86. The van der Waals surface area contributed by atoms with Crippen LogP contribution in [0.5, 0.6) is 0 Å². The van der Waals surface area contributed by atoms with E-state index in [-0.39, 0.29) is 22.0 Å². The van der Waals surface area contributed by atoms with Gasteiger partial charge in [0.2, 0.25) is 15.9 Å². The van der Waals surface area contributed by atoms with Gasteiger partial charge in [0.15, 0.2) is 0 Å². The van der Waals surface area contributed by atoms with Crippen LogP contribution >= 0.6 is 35.0 Å². The molecule has 2 aromatic rings. The van der Waals surface area contributed by atoms with E-state index in [1.54, 1.807) is 24.3 Å². The average Bonchev–Trinajstić information content (AvgIpc) is 2.60. The van der Waals surface area contributed by atoms with Crippen LogP contribution in [0, 0.1) is 0 Å². The third kappa shape index (κ3) is 7.30. The molecular weight excluding hydrogens is 433 g/mol. The Hall–Kier alpha value is -1.94. The Kier molecular flexibility index (Phi) is 7.37. The molecule has 0 aliphatic rings. The Morgan fingerprint density at radius 3 is 2.33 bits per heavy atom. The smallest absolute Gasteiger partial charge is 0.269 e. The summed E-state index contributed by atoms with van der Waals surface area (Å²) in [6.45, 7) is 0. The van der Waals surface area contributed by atoms with Gasteiger partial charge in [-0.25, -0.2) is 8.42 Å². The van der Waals surface area contributed by atoms with E-state index in [2.05, 4.69) is 15.6 Å². The van der Waals surface area contributed by atoms with Crippen LogP contribution in [0.15, 0.2) is 47.4 Å². The predicted octanol–water partition coefficient (Wildman–Crippen LogP) is 2.92. The van der Waals surface area contributed by atoms with E-state index >= 15 is 0 Å². The summed E-state index contributed by atoms with van der Waals surface area (Å²) in [6, 6.07) is 11.0. The normalized spacial score (nSPS) is 10.9. The number of hydrogen-bond donors (Lipinski definition) is 3. The second-order valence-corrected chi connectivity index (χ2v) is 8.95. The van der Waals surface area contributed by atoms with E-state index in [4.69, 9.17) is 23.2 Å². The molecule has 3 N–H and O–H groups in total. The van der Waals surface area contributed by atoms with Gasteiger partial charge in [-0.05, 0) is 42.5 Å². The van der Waals surface area contributed by atoms with Gasteiger partial charge < -0.3 is 0 Å². The molecule has 0 aliphatic carbocycles. The molecule has 0 fully saturated rings. The molecule has 0 atom stereocenters. The Morgan fingerprint density at radius 2 is 1.70 bits per heavy atom. The fourth-order valence-corrected chi connectivity index (χ4v) is 3.47. The summed E-state index contributed by atoms with van der Waals surface area (Å²) in [5.41, 5.74) is 4.74. The maximum atomic E-state index is 12.1. The third-order valence-corrected chi connectivity index (χ3v) is 5.21. The number of sulfonamides is 1. The summed E-state index contributed by atoms with van der Waals surface area (Å²) in [6.07, 6.45) is 0.967. The van der Waals surface area contributed by atoms with Gasteiger partial charge in [-0.3, -0.25) is 25.2 Å². The lowest BCUT2D eigenvalue weighted by molar-refractivity contribution is -0.119. The Balaban J connectivity index is 1.90. The number of thioether (sulfide) groups is 1. The van der Waals surface area contributed by atoms with E-state index in [1.807, 2.05) is 0 Å². The Bertz CT molecular complexity index is 951. The van der Waals surface area contributed by atoms with Crippen molar-refractivity contribution in [2.75, 3.05) is 16.7 Å². The second kappa shape index (κ2) is 9.32. The molecule has 0 heterocycles. The second-order valence-electron chi connectivity index (χ2n) is 5.31. The summed E-state index contributed by atoms with van der Waals surface area (Å²) in [7, 11) is -3.55. The van der Waals surface area contributed by atoms with Gasteiger partial charge in [-0.1, -0.05) is 23.2 Å². The Morgan fingerprint density at radius 1 is 1.04 bits per heavy atom. The number of benzene rings is 2. The monoisotopic (exact) mass is 447 g/mol. The van der Waals surface area contributed by atoms with Gasteiger partial charge in [0.05, 0.1) is 22.7 Å². The molecule has 2 rings (SSSR count). The predicted molar refractivity (Wildman–Crippen MR) is 108 cm³/mol. The van der Waals surface area contributed by atoms with Gasteiger partial charge in [0.1, 0.15) is 0 Å². The minimum Gasteiger partial charge on any atom is -0.282 e. The van der Waals surface area contributed by atoms with E-state index in [9.17, 15) is 18.0 Å². The van der Waals surface area contributed by atoms with Gasteiger partial charge in [-0.2, -0.15) is 0 Å². The van der Waals surface area contributed by atoms with Crippen molar-refractivity contribution in [2.45, 2.75) is 4.90 Å². The molecule has 0 saturated heterocycles. The fraction of sp³-hybridized carbons (Fsp3) is 0.125. The number of rotatable bonds is 6. The number of anilines is 1. The first-order valence-corrected chi connectivity index (χ1v) is 11.0. The molecule has 27 heavy (non-hydrogen) atoms. The van der Waals surface area contributed by atoms with Crippen molar-refractivity contribution >= 4 is 62.5 Å². The van der Waals surface area contributed by atoms with Crippen LogP contribution in [0.2, 0.25) is 10.0 Å². The lowest BCUT2D eigenvalue weighted by atomic mass is 10.2. The molecule has 0 saturated carbocycles. The highest BCUT2D eigenvalue weighted by atomic mass is 35.5. The van der Waals surface area contributed by atoms with E-state index in [0.717, 1.165) is 11.2 Å². The molecule has 2 amide bonds. The topological polar surface area (TPSA) is 104 Å². The van der Waals surface area contributed by atoms with Crippen LogP contribution < -0.4 is 15.6 Å². The van der Waals surface area contributed by atoms with E-state index in [0.29, 0.717) is 5.02 Å². The molecule has 0 bridgehead atoms. The number of hydrogen-bond acceptors (Lipinski definition) is 5. The molecule has 7 nitrogen and oxygen atoms in total. The van der Waals surface area contributed by atoms with Crippen molar-refractivity contribution in [3.05, 3.63) is 58.1 Å². The molecule has 0 unspecified atom stereocenters. The molecule has 0 aromatic heterocycles. The molecular formula is C16H15Cl2N3O4S2. The first-order chi connectivity index (χ1) is 12.6. The number of carbonyl (C=O) groups excluding carboxylic acids is 2. The first kappa shape index (κ1) is 21.4. The summed E-state index contributed by atoms with van der Waals surface area (Å²) in [5, 5.41) is 0.740. The van der Waals surface area contributed by atoms with Crippen LogP contribution in [0.1, 0.15) is 10.4 Å². The van der Waals surface area contributed by atoms with Gasteiger partial charge >= 0.3 is 0 Å². The zero-order valence-corrected chi connectivity index (χ0v) is 17.1. The SMILES string of the molecule is CS(=O)(=O)Nc1cc(C(=O)NNC(=O)CSc2ccc(Cl)cc2)ccc1Cl. The van der Waals surface area contributed by atoms with Crippen molar-refractivity contribution in [2.24, 2.45) is 0 Å². The molecule has 0 radical (unpaired) electrons. The van der Waals surface area contributed by atoms with Crippen LogP contribution in [-0.2, 0) is 14.8 Å². The highest BCUT2D eigenvalue weighted by Crippen LogP contribution is 2.24. The van der Waals surface area contributed by atoms with Gasteiger partial charge in [-0.15, -0.1) is 11.8 Å². The van der Waals surface area contributed by atoms with Crippen molar-refractivity contribution in [3.8, 4) is 0 Å². The standard InChI is InChI=1S/C16H15Cl2N3O4S2/c1-27(24,25)21-14-8-10(2-7-13(14)18)16(23)20-19-15(22)9-26-12-5-3-11(17)4-6-12/h2-8,21H,9H2,1H3,(H,19,22)(H,20,23). The van der Waals surface area contributed by atoms with Crippen LogP contribution in [0.25, 0.3) is 0 Å². The van der Waals surface area contributed by atoms with Crippen molar-refractivity contribution in [1.29, 1.82) is 0 Å². The van der Waals surface area contributed by atoms with Crippen LogP contribution in [-0.4, -0.2) is 32.2 Å². The lowest BCUT2D eigenvalue weighted by Crippen LogP contribution is -2.42.